The molecule has 3 fully saturated rings. The lowest BCUT2D eigenvalue weighted by molar-refractivity contribution is -0.138. The van der Waals surface area contributed by atoms with E-state index in [0.717, 1.165) is 22.0 Å². The summed E-state index contributed by atoms with van der Waals surface area (Å²) in [6.07, 6.45) is 1.99. The van der Waals surface area contributed by atoms with Crippen LogP contribution in [0.4, 0.5) is 15.8 Å². The number of hydrogen-bond donors (Lipinski definition) is 4. The number of carbonyl (C=O) groups excluding carboxylic acids is 4. The van der Waals surface area contributed by atoms with Crippen molar-refractivity contribution in [3.63, 3.8) is 0 Å². The fourth-order valence-corrected chi connectivity index (χ4v) is 9.78. The summed E-state index contributed by atoms with van der Waals surface area (Å²) in [6, 6.07) is 25.8. The summed E-state index contributed by atoms with van der Waals surface area (Å²) in [5.74, 6) is -9.36. The topological polar surface area (TPSA) is 165 Å². The SMILES string of the molecule is O=C(O)c1ccc(N2C(=O)C3CC=C4C(CC5C(=O)N(Nc6ccc(F)cc6)C(=O)C5(c5ccc(Cl)cc5)C4c4ccc(O)c5ccccc45)C3C2=O)cc1O. The fraction of sp³-hybridized carbons (Fsp3) is 0.186. The molecular weight excluding hydrogens is 741 g/mol. The molecule has 2 saturated heterocycles. The van der Waals surface area contributed by atoms with E-state index < -0.39 is 81.7 Å². The third-order valence-electron chi connectivity index (χ3n) is 12.0. The van der Waals surface area contributed by atoms with E-state index in [-0.39, 0.29) is 30.0 Å². The Morgan fingerprint density at radius 3 is 2.21 bits per heavy atom. The first kappa shape index (κ1) is 35.2. The second-order valence-corrected chi connectivity index (χ2v) is 15.0. The van der Waals surface area contributed by atoms with E-state index in [2.05, 4.69) is 5.43 Å². The quantitative estimate of drug-likeness (QED) is 0.106. The molecule has 56 heavy (non-hydrogen) atoms. The van der Waals surface area contributed by atoms with E-state index in [0.29, 0.717) is 32.5 Å². The zero-order valence-corrected chi connectivity index (χ0v) is 30.0. The van der Waals surface area contributed by atoms with Gasteiger partial charge in [0, 0.05) is 22.4 Å². The molecule has 2 aliphatic carbocycles. The molecule has 0 radical (unpaired) electrons. The molecule has 2 aliphatic heterocycles. The number of allylic oxidation sites excluding steroid dienone is 2. The number of carbonyl (C=O) groups is 5. The number of anilines is 2. The van der Waals surface area contributed by atoms with Crippen LogP contribution in [0.2, 0.25) is 5.02 Å². The van der Waals surface area contributed by atoms with Gasteiger partial charge in [0.15, 0.2) is 0 Å². The first-order valence-electron chi connectivity index (χ1n) is 17.9. The molecule has 9 rings (SSSR count). The Balaban J connectivity index is 1.26. The van der Waals surface area contributed by atoms with Crippen molar-refractivity contribution in [3.05, 3.63) is 142 Å². The normalized spacial score (nSPS) is 25.5. The monoisotopic (exact) mass is 771 g/mol. The molecule has 13 heteroatoms. The average molecular weight is 772 g/mol. The summed E-state index contributed by atoms with van der Waals surface area (Å²) < 4.78 is 13.9. The van der Waals surface area contributed by atoms with Crippen molar-refractivity contribution in [3.8, 4) is 11.5 Å². The van der Waals surface area contributed by atoms with Crippen LogP contribution in [0.25, 0.3) is 10.8 Å². The Hall–Kier alpha value is -6.53. The number of fused-ring (bicyclic) bond motifs is 5. The molecule has 4 N–H and O–H groups in total. The number of imide groups is 2. The average Bonchev–Trinajstić information content (AvgIpc) is 3.57. The van der Waals surface area contributed by atoms with Gasteiger partial charge < -0.3 is 15.3 Å². The second kappa shape index (κ2) is 12.8. The lowest BCUT2D eigenvalue weighted by Crippen LogP contribution is -2.53. The summed E-state index contributed by atoms with van der Waals surface area (Å²) in [5, 5.41) is 33.4. The van der Waals surface area contributed by atoms with E-state index in [1.165, 1.54) is 36.4 Å². The van der Waals surface area contributed by atoms with Crippen LogP contribution >= 0.6 is 11.6 Å². The highest BCUT2D eigenvalue weighted by atomic mass is 35.5. The molecule has 4 aliphatic rings. The standard InChI is InChI=1S/C43H31ClFN3O8/c44-22-7-5-21(6-8-22)43-33(39(52)48(42(43)56)46-24-11-9-23(45)10-12-24)20-32-29(37(43)28-17-18-34(49)27-4-2-1-3-26(27)28)15-16-31-36(32)40(53)47(38(31)51)25-13-14-30(41(54)55)35(50)19-25/h1-15,17-19,31-33,36-37,46,49-50H,16,20H2,(H,54,55). The number of halogens is 2. The number of phenols is 2. The maximum absolute atomic E-state index is 15.4. The van der Waals surface area contributed by atoms with Crippen molar-refractivity contribution in [2.24, 2.45) is 23.7 Å². The molecule has 6 unspecified atom stereocenters. The van der Waals surface area contributed by atoms with E-state index in [1.54, 1.807) is 48.5 Å². The van der Waals surface area contributed by atoms with Gasteiger partial charge in [-0.25, -0.2) is 14.1 Å². The Morgan fingerprint density at radius 2 is 1.52 bits per heavy atom. The van der Waals surface area contributed by atoms with Gasteiger partial charge in [-0.1, -0.05) is 65.7 Å². The number of hydrogen-bond acceptors (Lipinski definition) is 8. The predicted octanol–water partition coefficient (Wildman–Crippen LogP) is 6.93. The number of rotatable bonds is 6. The predicted molar refractivity (Wildman–Crippen MR) is 202 cm³/mol. The number of nitrogens with one attached hydrogen (secondary N) is 1. The lowest BCUT2D eigenvalue weighted by Gasteiger charge is -2.51. The maximum atomic E-state index is 15.4. The molecule has 11 nitrogen and oxygen atoms in total. The van der Waals surface area contributed by atoms with Gasteiger partial charge in [-0.05, 0) is 89.9 Å². The van der Waals surface area contributed by atoms with Crippen molar-refractivity contribution in [1.29, 1.82) is 0 Å². The minimum absolute atomic E-state index is 0.00398. The van der Waals surface area contributed by atoms with Gasteiger partial charge in [-0.15, -0.1) is 0 Å². The zero-order chi connectivity index (χ0) is 39.2. The van der Waals surface area contributed by atoms with Crippen molar-refractivity contribution in [2.75, 3.05) is 10.3 Å². The van der Waals surface area contributed by atoms with E-state index in [4.69, 9.17) is 11.6 Å². The Bertz CT molecular complexity index is 2580. The van der Waals surface area contributed by atoms with Crippen LogP contribution in [0.3, 0.4) is 0 Å². The fourth-order valence-electron chi connectivity index (χ4n) is 9.65. The summed E-state index contributed by atoms with van der Waals surface area (Å²) in [7, 11) is 0. The van der Waals surface area contributed by atoms with Crippen LogP contribution in [-0.4, -0.2) is 49.9 Å². The largest absolute Gasteiger partial charge is 0.507 e. The number of hydrazine groups is 1. The van der Waals surface area contributed by atoms with Crippen molar-refractivity contribution >= 4 is 63.3 Å². The Morgan fingerprint density at radius 1 is 0.804 bits per heavy atom. The Labute approximate surface area is 323 Å². The molecule has 6 atom stereocenters. The van der Waals surface area contributed by atoms with E-state index >= 15 is 4.79 Å². The third kappa shape index (κ3) is 4.98. The highest BCUT2D eigenvalue weighted by molar-refractivity contribution is 6.30. The van der Waals surface area contributed by atoms with Gasteiger partial charge in [-0.2, -0.15) is 5.01 Å². The molecule has 5 aromatic carbocycles. The number of carboxylic acid groups (broad SMARTS) is 1. The van der Waals surface area contributed by atoms with E-state index in [9.17, 15) is 38.9 Å². The van der Waals surface area contributed by atoms with Crippen LogP contribution in [0.5, 0.6) is 11.5 Å². The highest BCUT2D eigenvalue weighted by Crippen LogP contribution is 2.65. The summed E-state index contributed by atoms with van der Waals surface area (Å²) >= 11 is 6.39. The zero-order valence-electron chi connectivity index (χ0n) is 29.2. The van der Waals surface area contributed by atoms with Crippen molar-refractivity contribution < 1.29 is 43.7 Å². The molecule has 0 aromatic heterocycles. The molecule has 0 spiro atoms. The lowest BCUT2D eigenvalue weighted by atomic mass is 9.49. The summed E-state index contributed by atoms with van der Waals surface area (Å²) in [5.41, 5.74) is 2.96. The number of nitrogens with zero attached hydrogens (tertiary/aromatic N) is 2. The first-order chi connectivity index (χ1) is 26.9. The molecule has 2 heterocycles. The van der Waals surface area contributed by atoms with Crippen LogP contribution in [0.1, 0.15) is 40.2 Å². The minimum atomic E-state index is -1.63. The van der Waals surface area contributed by atoms with Crippen LogP contribution < -0.4 is 10.3 Å². The number of aromatic hydroxyl groups is 2. The number of aromatic carboxylic acids is 1. The molecule has 280 valence electrons. The molecule has 0 bridgehead atoms. The van der Waals surface area contributed by atoms with Crippen molar-refractivity contribution in [2.45, 2.75) is 24.2 Å². The van der Waals surface area contributed by atoms with Gasteiger partial charge in [0.2, 0.25) is 11.8 Å². The molecule has 4 amide bonds. The Kier molecular flexibility index (Phi) is 8.03. The van der Waals surface area contributed by atoms with Crippen molar-refractivity contribution in [1.82, 2.24) is 5.01 Å². The smallest absolute Gasteiger partial charge is 0.339 e. The molecule has 1 saturated carbocycles. The minimum Gasteiger partial charge on any atom is -0.507 e. The van der Waals surface area contributed by atoms with Crippen LogP contribution in [0, 0.1) is 29.5 Å². The number of amides is 4. The van der Waals surface area contributed by atoms with Gasteiger partial charge in [-0.3, -0.25) is 24.6 Å². The van der Waals surface area contributed by atoms with Gasteiger partial charge in [0.25, 0.3) is 11.8 Å². The van der Waals surface area contributed by atoms with Gasteiger partial charge in [0.1, 0.15) is 22.9 Å². The van der Waals surface area contributed by atoms with Crippen LogP contribution in [-0.2, 0) is 24.6 Å². The maximum Gasteiger partial charge on any atom is 0.339 e. The summed E-state index contributed by atoms with van der Waals surface area (Å²) in [4.78, 5) is 71.7. The number of benzene rings is 5. The highest BCUT2D eigenvalue weighted by Gasteiger charge is 2.70. The van der Waals surface area contributed by atoms with Gasteiger partial charge >= 0.3 is 5.97 Å². The molecule has 5 aromatic rings. The first-order valence-corrected chi connectivity index (χ1v) is 18.3. The van der Waals surface area contributed by atoms with E-state index in [1.807, 2.05) is 12.1 Å². The van der Waals surface area contributed by atoms with Gasteiger partial charge in [0.05, 0.1) is 34.5 Å². The number of carboxylic acids is 1. The van der Waals surface area contributed by atoms with Crippen LogP contribution in [0.15, 0.2) is 115 Å². The molecular formula is C43H31ClFN3O8. The third-order valence-corrected chi connectivity index (χ3v) is 12.2. The number of phenolic OH excluding ortho intramolecular Hbond substituents is 1. The second-order valence-electron chi connectivity index (χ2n) is 14.6. The summed E-state index contributed by atoms with van der Waals surface area (Å²) in [6.45, 7) is 0.